The largest absolute Gasteiger partial charge is 0.334 e. The summed E-state index contributed by atoms with van der Waals surface area (Å²) in [5.41, 5.74) is 0.717. The Labute approximate surface area is 115 Å². The molecular weight excluding hydrogens is 242 g/mol. The van der Waals surface area contributed by atoms with Crippen LogP contribution in [0.15, 0.2) is 12.4 Å². The number of aryl methyl sites for hydroxylation is 1. The number of urea groups is 1. The Kier molecular flexibility index (Phi) is 6.35. The number of hydrogen-bond acceptors (Lipinski definition) is 3. The first-order chi connectivity index (χ1) is 9.08. The minimum atomic E-state index is -0.185. The van der Waals surface area contributed by atoms with Crippen LogP contribution >= 0.6 is 0 Å². The molecule has 0 aliphatic rings. The van der Waals surface area contributed by atoms with Gasteiger partial charge in [0.25, 0.3) is 0 Å². The first-order valence-corrected chi connectivity index (χ1v) is 6.91. The molecule has 108 valence electrons. The van der Waals surface area contributed by atoms with Crippen molar-refractivity contribution in [2.24, 2.45) is 0 Å². The lowest BCUT2D eigenvalue weighted by Gasteiger charge is -2.23. The Morgan fingerprint density at radius 2 is 2.11 bits per heavy atom. The van der Waals surface area contributed by atoms with E-state index < -0.39 is 0 Å². The van der Waals surface area contributed by atoms with E-state index in [1.165, 1.54) is 0 Å². The third-order valence-electron chi connectivity index (χ3n) is 3.02. The van der Waals surface area contributed by atoms with Gasteiger partial charge in [0.2, 0.25) is 0 Å². The second-order valence-corrected chi connectivity index (χ2v) is 4.57. The second kappa shape index (κ2) is 7.78. The van der Waals surface area contributed by atoms with E-state index in [-0.39, 0.29) is 12.1 Å². The number of nitrogens with one attached hydrogen (secondary N) is 2. The van der Waals surface area contributed by atoms with Crippen molar-refractivity contribution < 1.29 is 4.79 Å². The van der Waals surface area contributed by atoms with Crippen LogP contribution in [0, 0.1) is 0 Å². The van der Waals surface area contributed by atoms with Gasteiger partial charge in [0.1, 0.15) is 0 Å². The average Bonchev–Trinajstić information content (AvgIpc) is 2.83. The highest BCUT2D eigenvalue weighted by atomic mass is 16.2. The van der Waals surface area contributed by atoms with Gasteiger partial charge in [-0.1, -0.05) is 13.8 Å². The zero-order valence-corrected chi connectivity index (χ0v) is 12.3. The number of amides is 2. The van der Waals surface area contributed by atoms with E-state index in [0.717, 1.165) is 31.9 Å². The van der Waals surface area contributed by atoms with Crippen LogP contribution in [0.25, 0.3) is 0 Å². The van der Waals surface area contributed by atoms with E-state index in [2.05, 4.69) is 34.5 Å². The topological polar surface area (TPSA) is 62.2 Å². The summed E-state index contributed by atoms with van der Waals surface area (Å²) >= 11 is 0. The molecule has 0 spiro atoms. The summed E-state index contributed by atoms with van der Waals surface area (Å²) in [5.74, 6) is 0. The fourth-order valence-corrected chi connectivity index (χ4v) is 1.91. The van der Waals surface area contributed by atoms with Gasteiger partial charge < -0.3 is 15.5 Å². The Hall–Kier alpha value is -1.56. The van der Waals surface area contributed by atoms with E-state index in [1.54, 1.807) is 10.9 Å². The number of aromatic nitrogens is 2. The van der Waals surface area contributed by atoms with Crippen molar-refractivity contribution in [1.29, 1.82) is 0 Å². The Bertz CT molecular complexity index is 386. The molecular formula is C13H25N5O. The molecule has 0 aliphatic carbocycles. The third-order valence-corrected chi connectivity index (χ3v) is 3.02. The highest BCUT2D eigenvalue weighted by molar-refractivity contribution is 5.89. The summed E-state index contributed by atoms with van der Waals surface area (Å²) in [6.45, 7) is 11.9. The molecule has 6 nitrogen and oxygen atoms in total. The summed E-state index contributed by atoms with van der Waals surface area (Å²) in [4.78, 5) is 14.1. The molecule has 2 N–H and O–H groups in total. The number of nitrogens with zero attached hydrogens (tertiary/aromatic N) is 3. The normalized spacial score (nSPS) is 12.5. The number of carbonyl (C=O) groups is 1. The Morgan fingerprint density at radius 1 is 1.42 bits per heavy atom. The maximum atomic E-state index is 11.8. The molecule has 1 atom stereocenters. The molecule has 0 saturated carbocycles. The first kappa shape index (κ1) is 15.5. The van der Waals surface area contributed by atoms with Crippen LogP contribution in [0.4, 0.5) is 10.5 Å². The van der Waals surface area contributed by atoms with Crippen molar-refractivity contribution in [3.8, 4) is 0 Å². The van der Waals surface area contributed by atoms with Gasteiger partial charge in [-0.2, -0.15) is 5.10 Å². The SMILES string of the molecule is CCN(CC)CC(C)NC(=O)Nc1cnn(CC)c1. The summed E-state index contributed by atoms with van der Waals surface area (Å²) in [7, 11) is 0. The van der Waals surface area contributed by atoms with E-state index in [0.29, 0.717) is 0 Å². The molecule has 0 bridgehead atoms. The van der Waals surface area contributed by atoms with Crippen LogP contribution in [0.2, 0.25) is 0 Å². The molecule has 19 heavy (non-hydrogen) atoms. The number of anilines is 1. The Balaban J connectivity index is 2.37. The molecule has 2 amide bonds. The van der Waals surface area contributed by atoms with Gasteiger partial charge >= 0.3 is 6.03 Å². The molecule has 0 aromatic carbocycles. The van der Waals surface area contributed by atoms with Crippen molar-refractivity contribution in [1.82, 2.24) is 20.0 Å². The smallest absolute Gasteiger partial charge is 0.319 e. The van der Waals surface area contributed by atoms with Crippen LogP contribution < -0.4 is 10.6 Å². The average molecular weight is 267 g/mol. The lowest BCUT2D eigenvalue weighted by molar-refractivity contribution is 0.238. The van der Waals surface area contributed by atoms with Crippen LogP contribution in [-0.4, -0.2) is 46.4 Å². The van der Waals surface area contributed by atoms with Crippen molar-refractivity contribution in [2.75, 3.05) is 25.0 Å². The Morgan fingerprint density at radius 3 is 2.63 bits per heavy atom. The molecule has 1 unspecified atom stereocenters. The zero-order valence-electron chi connectivity index (χ0n) is 12.3. The van der Waals surface area contributed by atoms with Gasteiger partial charge in [0.15, 0.2) is 0 Å². The maximum absolute atomic E-state index is 11.8. The summed E-state index contributed by atoms with van der Waals surface area (Å²) in [5, 5.41) is 9.82. The molecule has 1 heterocycles. The van der Waals surface area contributed by atoms with E-state index >= 15 is 0 Å². The number of likely N-dealkylation sites (N-methyl/N-ethyl adjacent to an activating group) is 1. The van der Waals surface area contributed by atoms with Crippen LogP contribution in [-0.2, 0) is 6.54 Å². The third kappa shape index (κ3) is 5.30. The predicted octanol–water partition coefficient (Wildman–Crippen LogP) is 1.75. The number of rotatable bonds is 7. The van der Waals surface area contributed by atoms with Crippen molar-refractivity contribution in [3.05, 3.63) is 12.4 Å². The van der Waals surface area contributed by atoms with Crippen LogP contribution in [0.5, 0.6) is 0 Å². The fraction of sp³-hybridized carbons (Fsp3) is 0.692. The maximum Gasteiger partial charge on any atom is 0.319 e. The molecule has 0 aliphatic heterocycles. The zero-order chi connectivity index (χ0) is 14.3. The van der Waals surface area contributed by atoms with Crippen molar-refractivity contribution in [2.45, 2.75) is 40.3 Å². The fourth-order valence-electron chi connectivity index (χ4n) is 1.91. The van der Waals surface area contributed by atoms with Crippen molar-refractivity contribution in [3.63, 3.8) is 0 Å². The van der Waals surface area contributed by atoms with Crippen LogP contribution in [0.3, 0.4) is 0 Å². The first-order valence-electron chi connectivity index (χ1n) is 6.91. The van der Waals surface area contributed by atoms with Gasteiger partial charge in [-0.25, -0.2) is 4.79 Å². The molecule has 0 saturated heterocycles. The summed E-state index contributed by atoms with van der Waals surface area (Å²) in [6, 6.07) is -0.0728. The second-order valence-electron chi connectivity index (χ2n) is 4.57. The quantitative estimate of drug-likeness (QED) is 0.791. The van der Waals surface area contributed by atoms with Gasteiger partial charge in [-0.05, 0) is 26.9 Å². The minimum absolute atomic E-state index is 0.112. The molecule has 1 aromatic heterocycles. The molecule has 0 radical (unpaired) electrons. The van der Waals surface area contributed by atoms with E-state index in [4.69, 9.17) is 0 Å². The highest BCUT2D eigenvalue weighted by Crippen LogP contribution is 2.04. The van der Waals surface area contributed by atoms with Gasteiger partial charge in [0, 0.05) is 25.3 Å². The minimum Gasteiger partial charge on any atom is -0.334 e. The molecule has 6 heteroatoms. The monoisotopic (exact) mass is 267 g/mol. The lowest BCUT2D eigenvalue weighted by atomic mass is 10.3. The number of hydrogen-bond donors (Lipinski definition) is 2. The van der Waals surface area contributed by atoms with Crippen LogP contribution in [0.1, 0.15) is 27.7 Å². The summed E-state index contributed by atoms with van der Waals surface area (Å²) < 4.78 is 1.77. The van der Waals surface area contributed by atoms with Gasteiger partial charge in [0.05, 0.1) is 11.9 Å². The van der Waals surface area contributed by atoms with E-state index in [1.807, 2.05) is 20.0 Å². The number of carbonyl (C=O) groups excluding carboxylic acids is 1. The van der Waals surface area contributed by atoms with Gasteiger partial charge in [-0.15, -0.1) is 0 Å². The van der Waals surface area contributed by atoms with Crippen molar-refractivity contribution >= 4 is 11.7 Å². The molecule has 1 rings (SSSR count). The lowest BCUT2D eigenvalue weighted by Crippen LogP contribution is -2.43. The highest BCUT2D eigenvalue weighted by Gasteiger charge is 2.10. The summed E-state index contributed by atoms with van der Waals surface area (Å²) in [6.07, 6.45) is 3.47. The van der Waals surface area contributed by atoms with E-state index in [9.17, 15) is 4.79 Å². The van der Waals surface area contributed by atoms with Gasteiger partial charge in [-0.3, -0.25) is 4.68 Å². The standard InChI is InChI=1S/C13H25N5O/c1-5-17(6-2)9-11(4)15-13(19)16-12-8-14-18(7-3)10-12/h8,10-11H,5-7,9H2,1-4H3,(H2,15,16,19). The molecule has 0 fully saturated rings. The molecule has 1 aromatic rings. The predicted molar refractivity (Wildman–Crippen MR) is 77.3 cm³/mol.